The van der Waals surface area contributed by atoms with E-state index in [0.29, 0.717) is 0 Å². The summed E-state index contributed by atoms with van der Waals surface area (Å²) >= 11 is 0. The molecule has 2 heteroatoms. The van der Waals surface area contributed by atoms with Crippen LogP contribution in [0.15, 0.2) is 52.9 Å². The van der Waals surface area contributed by atoms with Crippen molar-refractivity contribution >= 4 is 11.0 Å². The fourth-order valence-corrected chi connectivity index (χ4v) is 2.19. The number of para-hydroxylation sites is 1. The van der Waals surface area contributed by atoms with E-state index in [1.54, 1.807) is 7.11 Å². The van der Waals surface area contributed by atoms with Gasteiger partial charge in [0.2, 0.25) is 0 Å². The minimum atomic E-state index is 0.863. The minimum Gasteiger partial charge on any atom is -0.497 e. The molecule has 0 aliphatic rings. The Hall–Kier alpha value is -2.22. The van der Waals surface area contributed by atoms with E-state index in [0.717, 1.165) is 33.6 Å². The van der Waals surface area contributed by atoms with E-state index in [2.05, 4.69) is 24.3 Å². The summed E-state index contributed by atoms with van der Waals surface area (Å²) in [7, 11) is 1.67. The third-order valence-corrected chi connectivity index (χ3v) is 3.07. The Balaban J connectivity index is 2.17. The van der Waals surface area contributed by atoms with Gasteiger partial charge in [-0.15, -0.1) is 0 Å². The van der Waals surface area contributed by atoms with Gasteiger partial charge in [0.05, 0.1) is 7.11 Å². The molecule has 0 aliphatic carbocycles. The Morgan fingerprint density at radius 2 is 1.78 bits per heavy atom. The second kappa shape index (κ2) is 4.22. The van der Waals surface area contributed by atoms with Crippen molar-refractivity contribution < 1.29 is 9.15 Å². The van der Waals surface area contributed by atoms with Gasteiger partial charge in [-0.05, 0) is 30.7 Å². The summed E-state index contributed by atoms with van der Waals surface area (Å²) in [4.78, 5) is 0. The van der Waals surface area contributed by atoms with Crippen LogP contribution >= 0.6 is 0 Å². The first-order valence-corrected chi connectivity index (χ1v) is 5.91. The average molecular weight is 238 g/mol. The van der Waals surface area contributed by atoms with Gasteiger partial charge < -0.3 is 9.15 Å². The summed E-state index contributed by atoms with van der Waals surface area (Å²) in [5.41, 5.74) is 3.19. The molecule has 3 aromatic rings. The first-order valence-electron chi connectivity index (χ1n) is 5.91. The molecule has 18 heavy (non-hydrogen) atoms. The largest absolute Gasteiger partial charge is 0.497 e. The number of furan rings is 1. The second-order valence-corrected chi connectivity index (χ2v) is 4.31. The highest BCUT2D eigenvalue weighted by atomic mass is 16.5. The lowest BCUT2D eigenvalue weighted by molar-refractivity contribution is 0.415. The maximum absolute atomic E-state index is 5.78. The van der Waals surface area contributed by atoms with E-state index in [-0.39, 0.29) is 0 Å². The van der Waals surface area contributed by atoms with Gasteiger partial charge in [-0.25, -0.2) is 0 Å². The molecule has 1 aromatic heterocycles. The Morgan fingerprint density at radius 1 is 1.00 bits per heavy atom. The van der Waals surface area contributed by atoms with E-state index in [1.165, 1.54) is 0 Å². The van der Waals surface area contributed by atoms with Crippen molar-refractivity contribution in [2.24, 2.45) is 0 Å². The zero-order chi connectivity index (χ0) is 12.5. The van der Waals surface area contributed by atoms with Crippen LogP contribution in [0, 0.1) is 6.92 Å². The molecule has 2 aromatic carbocycles. The number of hydrogen-bond donors (Lipinski definition) is 0. The lowest BCUT2D eigenvalue weighted by Gasteiger charge is -2.04. The molecule has 0 spiro atoms. The van der Waals surface area contributed by atoms with Crippen molar-refractivity contribution in [1.29, 1.82) is 0 Å². The number of aryl methyl sites for hydroxylation is 1. The lowest BCUT2D eigenvalue weighted by Crippen LogP contribution is -1.83. The minimum absolute atomic E-state index is 0.863. The van der Waals surface area contributed by atoms with E-state index in [1.807, 2.05) is 31.2 Å². The quantitative estimate of drug-likeness (QED) is 0.659. The fraction of sp³-hybridized carbons (Fsp3) is 0.125. The zero-order valence-corrected chi connectivity index (χ0v) is 10.4. The Morgan fingerprint density at radius 3 is 2.50 bits per heavy atom. The van der Waals surface area contributed by atoms with Crippen LogP contribution in [0.4, 0.5) is 0 Å². The number of methoxy groups -OCH3 is 1. The van der Waals surface area contributed by atoms with Crippen LogP contribution < -0.4 is 4.74 Å². The molecule has 0 fully saturated rings. The van der Waals surface area contributed by atoms with Gasteiger partial charge >= 0.3 is 0 Å². The van der Waals surface area contributed by atoms with Gasteiger partial charge in [0.1, 0.15) is 17.1 Å². The summed E-state index contributed by atoms with van der Waals surface area (Å²) in [5.74, 6) is 1.80. The third kappa shape index (κ3) is 1.76. The van der Waals surface area contributed by atoms with E-state index in [4.69, 9.17) is 9.15 Å². The highest BCUT2D eigenvalue weighted by molar-refractivity contribution is 5.92. The molecule has 1 heterocycles. The summed E-state index contributed by atoms with van der Waals surface area (Å²) in [6.45, 7) is 1.97. The molecule has 0 saturated heterocycles. The standard InChI is InChI=1S/C16H14O2/c1-11-10-13-4-3-5-15(16(13)18-11)12-6-8-14(17-2)9-7-12/h3-10H,1-2H3. The summed E-state index contributed by atoms with van der Waals surface area (Å²) in [6.07, 6.45) is 0. The highest BCUT2D eigenvalue weighted by Crippen LogP contribution is 2.31. The van der Waals surface area contributed by atoms with Gasteiger partial charge in [0.25, 0.3) is 0 Å². The van der Waals surface area contributed by atoms with Crippen LogP contribution in [0.5, 0.6) is 5.75 Å². The molecule has 0 N–H and O–H groups in total. The first-order chi connectivity index (χ1) is 8.78. The molecule has 0 unspecified atom stereocenters. The molecule has 0 amide bonds. The summed E-state index contributed by atoms with van der Waals surface area (Å²) in [5, 5.41) is 1.14. The number of ether oxygens (including phenoxy) is 1. The number of fused-ring (bicyclic) bond motifs is 1. The van der Waals surface area contributed by atoms with Crippen molar-refractivity contribution in [1.82, 2.24) is 0 Å². The number of benzene rings is 2. The topological polar surface area (TPSA) is 22.4 Å². The Kier molecular flexibility index (Phi) is 2.56. The van der Waals surface area contributed by atoms with E-state index in [9.17, 15) is 0 Å². The van der Waals surface area contributed by atoms with Crippen molar-refractivity contribution in [3.05, 3.63) is 54.3 Å². The fourth-order valence-electron chi connectivity index (χ4n) is 2.19. The Labute approximate surface area is 106 Å². The van der Waals surface area contributed by atoms with Gasteiger partial charge in [-0.1, -0.05) is 30.3 Å². The SMILES string of the molecule is COc1ccc(-c2cccc3cc(C)oc23)cc1. The highest BCUT2D eigenvalue weighted by Gasteiger charge is 2.08. The molecule has 3 rings (SSSR count). The van der Waals surface area contributed by atoms with Crippen molar-refractivity contribution in [3.8, 4) is 16.9 Å². The van der Waals surface area contributed by atoms with Crippen molar-refractivity contribution in [3.63, 3.8) is 0 Å². The van der Waals surface area contributed by atoms with Crippen LogP contribution in [0.2, 0.25) is 0 Å². The molecule has 0 radical (unpaired) electrons. The first kappa shape index (κ1) is 10.9. The van der Waals surface area contributed by atoms with Crippen molar-refractivity contribution in [2.75, 3.05) is 7.11 Å². The molecule has 2 nitrogen and oxygen atoms in total. The molecule has 0 atom stereocenters. The molecule has 0 aliphatic heterocycles. The predicted octanol–water partition coefficient (Wildman–Crippen LogP) is 4.42. The van der Waals surface area contributed by atoms with E-state index < -0.39 is 0 Å². The van der Waals surface area contributed by atoms with Gasteiger partial charge in [0, 0.05) is 10.9 Å². The molecule has 90 valence electrons. The van der Waals surface area contributed by atoms with Crippen LogP contribution in [-0.2, 0) is 0 Å². The smallest absolute Gasteiger partial charge is 0.142 e. The molecule has 0 saturated carbocycles. The van der Waals surface area contributed by atoms with Crippen LogP contribution in [0.1, 0.15) is 5.76 Å². The average Bonchev–Trinajstić information content (AvgIpc) is 2.79. The Bertz CT molecular complexity index is 678. The zero-order valence-electron chi connectivity index (χ0n) is 10.4. The molecular weight excluding hydrogens is 224 g/mol. The van der Waals surface area contributed by atoms with Crippen LogP contribution in [0.3, 0.4) is 0 Å². The maximum Gasteiger partial charge on any atom is 0.142 e. The van der Waals surface area contributed by atoms with Gasteiger partial charge in [0.15, 0.2) is 0 Å². The molecule has 0 bridgehead atoms. The number of rotatable bonds is 2. The summed E-state index contributed by atoms with van der Waals surface area (Å²) < 4.78 is 11.0. The van der Waals surface area contributed by atoms with E-state index >= 15 is 0 Å². The lowest BCUT2D eigenvalue weighted by atomic mass is 10.0. The normalized spacial score (nSPS) is 10.8. The van der Waals surface area contributed by atoms with Crippen molar-refractivity contribution in [2.45, 2.75) is 6.92 Å². The maximum atomic E-state index is 5.78. The van der Waals surface area contributed by atoms with Gasteiger partial charge in [-0.3, -0.25) is 0 Å². The van der Waals surface area contributed by atoms with Crippen LogP contribution in [0.25, 0.3) is 22.1 Å². The monoisotopic (exact) mass is 238 g/mol. The summed E-state index contributed by atoms with van der Waals surface area (Å²) in [6, 6.07) is 16.3. The number of hydrogen-bond acceptors (Lipinski definition) is 2. The predicted molar refractivity (Wildman–Crippen MR) is 72.9 cm³/mol. The molecular formula is C16H14O2. The third-order valence-electron chi connectivity index (χ3n) is 3.07. The van der Waals surface area contributed by atoms with Crippen LogP contribution in [-0.4, -0.2) is 7.11 Å². The van der Waals surface area contributed by atoms with Gasteiger partial charge in [-0.2, -0.15) is 0 Å². The second-order valence-electron chi connectivity index (χ2n) is 4.31.